The lowest BCUT2D eigenvalue weighted by Gasteiger charge is -2.22. The van der Waals surface area contributed by atoms with Gasteiger partial charge in [0.2, 0.25) is 0 Å². The van der Waals surface area contributed by atoms with Crippen molar-refractivity contribution in [2.45, 2.75) is 51.4 Å². The zero-order chi connectivity index (χ0) is 24.6. The van der Waals surface area contributed by atoms with Crippen LogP contribution in [-0.4, -0.2) is 23.5 Å². The summed E-state index contributed by atoms with van der Waals surface area (Å²) in [6.07, 6.45) is 8.66. The first-order chi connectivity index (χ1) is 17.5. The monoisotopic (exact) mass is 484 g/mol. The maximum atomic E-state index is 13.6. The fourth-order valence-electron chi connectivity index (χ4n) is 7.37. The average molecular weight is 485 g/mol. The first kappa shape index (κ1) is 22.0. The van der Waals surface area contributed by atoms with Gasteiger partial charge < -0.3 is 9.47 Å². The summed E-state index contributed by atoms with van der Waals surface area (Å²) in [5.74, 6) is -0.128. The summed E-state index contributed by atoms with van der Waals surface area (Å²) >= 11 is 0. The van der Waals surface area contributed by atoms with E-state index in [0.717, 1.165) is 51.4 Å². The van der Waals surface area contributed by atoms with Gasteiger partial charge in [-0.15, -0.1) is 0 Å². The quantitative estimate of drug-likeness (QED) is 0.376. The van der Waals surface area contributed by atoms with Crippen LogP contribution in [0.5, 0.6) is 11.5 Å². The van der Waals surface area contributed by atoms with Crippen LogP contribution >= 0.6 is 0 Å². The van der Waals surface area contributed by atoms with Gasteiger partial charge in [0.25, 0.3) is 0 Å². The molecule has 5 aliphatic rings. The van der Waals surface area contributed by atoms with E-state index in [-0.39, 0.29) is 57.5 Å². The lowest BCUT2D eigenvalue weighted by molar-refractivity contribution is -0.137. The third-order valence-corrected chi connectivity index (χ3v) is 9.28. The average Bonchev–Trinajstić information content (AvgIpc) is 3.80. The number of carbonyl (C=O) groups excluding carboxylic acids is 4. The summed E-state index contributed by atoms with van der Waals surface area (Å²) < 4.78 is 11.6. The molecule has 0 aromatic heterocycles. The smallest absolute Gasteiger partial charge is 0.314 e. The van der Waals surface area contributed by atoms with Gasteiger partial charge in [-0.3, -0.25) is 19.2 Å². The van der Waals surface area contributed by atoms with Crippen molar-refractivity contribution in [3.63, 3.8) is 0 Å². The van der Waals surface area contributed by atoms with Crippen LogP contribution in [0, 0.1) is 35.5 Å². The molecule has 0 aliphatic heterocycles. The van der Waals surface area contributed by atoms with Crippen LogP contribution in [0.15, 0.2) is 36.4 Å². The number of esters is 2. The summed E-state index contributed by atoms with van der Waals surface area (Å²) in [6.45, 7) is 0. The highest BCUT2D eigenvalue weighted by Gasteiger charge is 2.57. The SMILES string of the molecule is O=C1c2ccccc2C(=O)c2c(OC(=O)C3[C@H]4CCCC[C@@H]34)ccc(OC(=O)C3[C@H]4CCCC[C@H]34)c21. The summed E-state index contributed by atoms with van der Waals surface area (Å²) in [5, 5.41) is 0. The van der Waals surface area contributed by atoms with Crippen LogP contribution in [0.2, 0.25) is 0 Å². The van der Waals surface area contributed by atoms with E-state index < -0.39 is 11.6 Å². The van der Waals surface area contributed by atoms with Gasteiger partial charge in [0, 0.05) is 11.1 Å². The van der Waals surface area contributed by atoms with Gasteiger partial charge in [-0.1, -0.05) is 49.9 Å². The molecule has 0 heterocycles. The molecule has 0 saturated heterocycles. The first-order valence-electron chi connectivity index (χ1n) is 13.3. The Bertz CT molecular complexity index is 1200. The van der Waals surface area contributed by atoms with E-state index in [1.54, 1.807) is 24.3 Å². The number of fused-ring (bicyclic) bond motifs is 4. The molecule has 4 saturated carbocycles. The minimum absolute atomic E-state index is 0.0224. The molecule has 0 bridgehead atoms. The molecule has 2 aromatic carbocycles. The van der Waals surface area contributed by atoms with E-state index in [4.69, 9.17) is 9.47 Å². The van der Waals surface area contributed by atoms with E-state index in [9.17, 15) is 19.2 Å². The normalized spacial score (nSPS) is 31.3. The van der Waals surface area contributed by atoms with Gasteiger partial charge in [-0.25, -0.2) is 0 Å². The Morgan fingerprint density at radius 1 is 0.583 bits per heavy atom. The zero-order valence-corrected chi connectivity index (χ0v) is 20.0. The van der Waals surface area contributed by atoms with Crippen molar-refractivity contribution in [1.82, 2.24) is 0 Å². The van der Waals surface area contributed by atoms with Crippen LogP contribution < -0.4 is 9.47 Å². The summed E-state index contributed by atoms with van der Waals surface area (Å²) in [4.78, 5) is 53.3. The number of ether oxygens (including phenoxy) is 2. The molecule has 2 aromatic rings. The zero-order valence-electron chi connectivity index (χ0n) is 20.0. The Morgan fingerprint density at radius 2 is 0.944 bits per heavy atom. The van der Waals surface area contributed by atoms with Crippen molar-refractivity contribution in [3.05, 3.63) is 58.7 Å². The number of hydrogen-bond donors (Lipinski definition) is 0. The van der Waals surface area contributed by atoms with E-state index >= 15 is 0 Å². The van der Waals surface area contributed by atoms with E-state index in [1.807, 2.05) is 0 Å². The topological polar surface area (TPSA) is 86.7 Å². The van der Waals surface area contributed by atoms with Crippen LogP contribution in [0.25, 0.3) is 0 Å². The van der Waals surface area contributed by atoms with Gasteiger partial charge >= 0.3 is 11.9 Å². The first-order valence-corrected chi connectivity index (χ1v) is 13.3. The van der Waals surface area contributed by atoms with Crippen LogP contribution in [0.4, 0.5) is 0 Å². The Labute approximate surface area is 209 Å². The van der Waals surface area contributed by atoms with Gasteiger partial charge in [-0.2, -0.15) is 0 Å². The largest absolute Gasteiger partial charge is 0.425 e. The minimum Gasteiger partial charge on any atom is -0.425 e. The second kappa shape index (κ2) is 8.12. The third kappa shape index (κ3) is 3.30. The fraction of sp³-hybridized carbons (Fsp3) is 0.467. The van der Waals surface area contributed by atoms with Crippen molar-refractivity contribution in [1.29, 1.82) is 0 Å². The number of ketones is 2. The van der Waals surface area contributed by atoms with Crippen LogP contribution in [0.1, 0.15) is 83.2 Å². The molecule has 0 amide bonds. The van der Waals surface area contributed by atoms with Gasteiger partial charge in [0.05, 0.1) is 23.0 Å². The fourth-order valence-corrected chi connectivity index (χ4v) is 7.37. The van der Waals surface area contributed by atoms with E-state index in [1.165, 1.54) is 12.1 Å². The summed E-state index contributed by atoms with van der Waals surface area (Å²) in [5.41, 5.74) is 0.580. The lowest BCUT2D eigenvalue weighted by Crippen LogP contribution is -2.25. The molecule has 6 nitrogen and oxygen atoms in total. The molecular weight excluding hydrogens is 456 g/mol. The predicted molar refractivity (Wildman–Crippen MR) is 129 cm³/mol. The molecule has 0 spiro atoms. The van der Waals surface area contributed by atoms with Crippen molar-refractivity contribution in [2.75, 3.05) is 0 Å². The van der Waals surface area contributed by atoms with E-state index in [2.05, 4.69) is 0 Å². The summed E-state index contributed by atoms with van der Waals surface area (Å²) in [7, 11) is 0. The second-order valence-corrected chi connectivity index (χ2v) is 11.1. The molecule has 5 aliphatic carbocycles. The Balaban J connectivity index is 1.23. The van der Waals surface area contributed by atoms with Crippen molar-refractivity contribution < 1.29 is 28.7 Å². The maximum Gasteiger partial charge on any atom is 0.314 e. The highest BCUT2D eigenvalue weighted by atomic mass is 16.5. The molecule has 1 unspecified atom stereocenters. The lowest BCUT2D eigenvalue weighted by atomic mass is 9.83. The molecule has 0 radical (unpaired) electrons. The highest BCUT2D eigenvalue weighted by molar-refractivity contribution is 6.30. The molecule has 184 valence electrons. The molecule has 6 heteroatoms. The molecule has 0 N–H and O–H groups in total. The van der Waals surface area contributed by atoms with Crippen molar-refractivity contribution in [3.8, 4) is 11.5 Å². The number of benzene rings is 2. The van der Waals surface area contributed by atoms with Crippen molar-refractivity contribution >= 4 is 23.5 Å². The molecular formula is C30H28O6. The maximum absolute atomic E-state index is 13.6. The number of carbonyl (C=O) groups is 4. The molecule has 36 heavy (non-hydrogen) atoms. The Morgan fingerprint density at radius 3 is 1.31 bits per heavy atom. The van der Waals surface area contributed by atoms with Crippen LogP contribution in [0.3, 0.4) is 0 Å². The molecule has 7 rings (SSSR count). The van der Waals surface area contributed by atoms with Gasteiger partial charge in [0.1, 0.15) is 11.5 Å². The standard InChI is InChI=1S/C30H28O6/c31-27-19-11-5-6-12-20(19)28(32)26-22(36-30(34)24-17-9-3-4-10-18(17)24)14-13-21(25(26)27)35-29(33)23-15-7-1-2-8-16(15)23/h5-6,11-18,23-24H,1-4,7-10H2/t15-,16-,17-,18+,24?/m0/s1. The Hall–Kier alpha value is -3.28. The van der Waals surface area contributed by atoms with Gasteiger partial charge in [0.15, 0.2) is 11.6 Å². The predicted octanol–water partition coefficient (Wildman–Crippen LogP) is 5.15. The van der Waals surface area contributed by atoms with Gasteiger partial charge in [-0.05, 0) is 61.5 Å². The third-order valence-electron chi connectivity index (χ3n) is 9.28. The summed E-state index contributed by atoms with van der Waals surface area (Å²) in [6, 6.07) is 9.62. The van der Waals surface area contributed by atoms with Crippen molar-refractivity contribution in [2.24, 2.45) is 35.5 Å². The number of hydrogen-bond acceptors (Lipinski definition) is 6. The second-order valence-electron chi connectivity index (χ2n) is 11.1. The molecule has 5 atom stereocenters. The number of rotatable bonds is 4. The van der Waals surface area contributed by atoms with E-state index in [0.29, 0.717) is 23.7 Å². The Kier molecular flexibility index (Phi) is 4.95. The van der Waals surface area contributed by atoms with Crippen LogP contribution in [-0.2, 0) is 9.59 Å². The molecule has 4 fully saturated rings. The highest BCUT2D eigenvalue weighted by Crippen LogP contribution is 2.57. The minimum atomic E-state index is -0.394.